The third-order valence-electron chi connectivity index (χ3n) is 3.92. The van der Waals surface area contributed by atoms with Crippen LogP contribution in [0.3, 0.4) is 0 Å². The van der Waals surface area contributed by atoms with E-state index in [2.05, 4.69) is 20.0 Å². The smallest absolute Gasteiger partial charge is 0.444 e. The number of aromatic nitrogens is 1. The van der Waals surface area contributed by atoms with Crippen molar-refractivity contribution in [3.05, 3.63) is 71.9 Å². The van der Waals surface area contributed by atoms with Gasteiger partial charge in [-0.3, -0.25) is 0 Å². The summed E-state index contributed by atoms with van der Waals surface area (Å²) in [5.74, 6) is -0.0542. The number of oxazole rings is 1. The van der Waals surface area contributed by atoms with Gasteiger partial charge < -0.3 is 20.2 Å². The lowest BCUT2D eigenvalue weighted by Gasteiger charge is -2.09. The molecule has 0 atom stereocenters. The second-order valence-electron chi connectivity index (χ2n) is 6.22. The largest absolute Gasteiger partial charge is 0.573 e. The summed E-state index contributed by atoms with van der Waals surface area (Å²) in [6.07, 6.45) is -2.69. The average molecular weight is 550 g/mol. The molecule has 31 heavy (non-hydrogen) atoms. The molecule has 6 nitrogen and oxygen atoms in total. The zero-order valence-electron chi connectivity index (χ0n) is 16.0. The van der Waals surface area contributed by atoms with E-state index in [4.69, 9.17) is 10.2 Å². The summed E-state index contributed by atoms with van der Waals surface area (Å²) in [6.45, 7) is 0.646. The molecule has 0 fully saturated rings. The Morgan fingerprint density at radius 1 is 1.10 bits per heavy atom. The third-order valence-corrected chi connectivity index (χ3v) is 3.92. The van der Waals surface area contributed by atoms with Crippen LogP contribution in [-0.4, -0.2) is 23.9 Å². The van der Waals surface area contributed by atoms with Crippen molar-refractivity contribution in [3.8, 4) is 17.2 Å². The van der Waals surface area contributed by atoms with Gasteiger partial charge in [0.05, 0.1) is 12.2 Å². The minimum Gasteiger partial charge on any atom is -0.444 e. The molecule has 11 heteroatoms. The number of ether oxygens (including phenoxy) is 1. The Morgan fingerprint density at radius 3 is 2.42 bits per heavy atom. The first-order valence-corrected chi connectivity index (χ1v) is 8.87. The van der Waals surface area contributed by atoms with Crippen molar-refractivity contribution in [2.45, 2.75) is 19.3 Å². The normalized spacial score (nSPS) is 11.7. The standard InChI is InChI=1S/C20H18F4N4O2.HI/c21-15-5-3-14(4-6-15)18-28-16(12-29-18)9-10-26-19(25)27-11-13-1-7-17(8-2-13)30-20(22,23)24;/h1-8,12H,9-11H2,(H3,25,26,27);1H. The van der Waals surface area contributed by atoms with Gasteiger partial charge in [0.25, 0.3) is 0 Å². The Labute approximate surface area is 192 Å². The van der Waals surface area contributed by atoms with Crippen molar-refractivity contribution in [1.29, 1.82) is 0 Å². The molecule has 0 unspecified atom stereocenters. The van der Waals surface area contributed by atoms with Gasteiger partial charge in [0.15, 0.2) is 5.96 Å². The molecule has 1 heterocycles. The van der Waals surface area contributed by atoms with E-state index >= 15 is 0 Å². The van der Waals surface area contributed by atoms with E-state index in [1.54, 1.807) is 12.1 Å². The highest BCUT2D eigenvalue weighted by atomic mass is 127. The van der Waals surface area contributed by atoms with Crippen molar-refractivity contribution < 1.29 is 26.7 Å². The molecule has 0 aliphatic rings. The van der Waals surface area contributed by atoms with Gasteiger partial charge in [-0.05, 0) is 42.0 Å². The minimum absolute atomic E-state index is 0. The zero-order valence-corrected chi connectivity index (χ0v) is 18.4. The number of nitrogens with zero attached hydrogens (tertiary/aromatic N) is 2. The Morgan fingerprint density at radius 2 is 1.77 bits per heavy atom. The Balaban J connectivity index is 0.00000341. The van der Waals surface area contributed by atoms with Gasteiger partial charge in [-0.1, -0.05) is 12.1 Å². The highest BCUT2D eigenvalue weighted by Crippen LogP contribution is 2.23. The molecule has 0 spiro atoms. The predicted octanol–water partition coefficient (Wildman–Crippen LogP) is 4.64. The molecule has 0 saturated heterocycles. The van der Waals surface area contributed by atoms with Crippen LogP contribution in [-0.2, 0) is 13.0 Å². The van der Waals surface area contributed by atoms with Crippen molar-refractivity contribution in [3.63, 3.8) is 0 Å². The molecule has 0 bridgehead atoms. The van der Waals surface area contributed by atoms with E-state index in [0.29, 0.717) is 35.7 Å². The number of guanidine groups is 1. The number of nitrogens with two attached hydrogens (primary N) is 1. The van der Waals surface area contributed by atoms with E-state index in [0.717, 1.165) is 0 Å². The fourth-order valence-electron chi connectivity index (χ4n) is 2.49. The number of hydrogen-bond donors (Lipinski definition) is 2. The summed E-state index contributed by atoms with van der Waals surface area (Å²) in [7, 11) is 0. The van der Waals surface area contributed by atoms with Crippen molar-refractivity contribution >= 4 is 29.9 Å². The molecule has 0 aliphatic carbocycles. The van der Waals surface area contributed by atoms with Crippen LogP contribution in [0.15, 0.2) is 64.2 Å². The van der Waals surface area contributed by atoms with Gasteiger partial charge in [0.1, 0.15) is 17.8 Å². The second kappa shape index (κ2) is 11.0. The summed E-state index contributed by atoms with van der Waals surface area (Å²) < 4.78 is 58.6. The molecule has 1 aromatic heterocycles. The van der Waals surface area contributed by atoms with Gasteiger partial charge >= 0.3 is 6.36 Å². The van der Waals surface area contributed by atoms with Crippen LogP contribution < -0.4 is 15.8 Å². The maximum atomic E-state index is 13.0. The molecular weight excluding hydrogens is 531 g/mol. The van der Waals surface area contributed by atoms with Crippen LogP contribution in [0.5, 0.6) is 5.75 Å². The van der Waals surface area contributed by atoms with E-state index in [-0.39, 0.29) is 48.0 Å². The summed E-state index contributed by atoms with van der Waals surface area (Å²) >= 11 is 0. The van der Waals surface area contributed by atoms with Crippen LogP contribution in [0.4, 0.5) is 17.6 Å². The number of alkyl halides is 3. The molecule has 0 radical (unpaired) electrons. The van der Waals surface area contributed by atoms with Crippen LogP contribution >= 0.6 is 24.0 Å². The second-order valence-corrected chi connectivity index (χ2v) is 6.22. The molecule has 166 valence electrons. The highest BCUT2D eigenvalue weighted by molar-refractivity contribution is 14.0. The van der Waals surface area contributed by atoms with Crippen LogP contribution in [0, 0.1) is 5.82 Å². The number of benzene rings is 2. The molecule has 2 aromatic carbocycles. The van der Waals surface area contributed by atoms with Gasteiger partial charge in [-0.15, -0.1) is 37.1 Å². The van der Waals surface area contributed by atoms with Crippen LogP contribution in [0.1, 0.15) is 11.3 Å². The Kier molecular flexibility index (Phi) is 8.65. The first-order valence-electron chi connectivity index (χ1n) is 8.87. The first-order chi connectivity index (χ1) is 14.3. The number of hydrogen-bond acceptors (Lipinski definition) is 4. The van der Waals surface area contributed by atoms with E-state index < -0.39 is 6.36 Å². The summed E-state index contributed by atoms with van der Waals surface area (Å²) in [4.78, 5) is 8.46. The fourth-order valence-corrected chi connectivity index (χ4v) is 2.49. The highest BCUT2D eigenvalue weighted by Gasteiger charge is 2.30. The van der Waals surface area contributed by atoms with Gasteiger partial charge in [0.2, 0.25) is 5.89 Å². The lowest BCUT2D eigenvalue weighted by atomic mass is 10.2. The number of nitrogens with one attached hydrogen (secondary N) is 1. The van der Waals surface area contributed by atoms with Crippen molar-refractivity contribution in [2.75, 3.05) is 6.54 Å². The van der Waals surface area contributed by atoms with E-state index in [1.807, 2.05) is 0 Å². The molecule has 3 rings (SSSR count). The van der Waals surface area contributed by atoms with E-state index in [1.165, 1.54) is 42.7 Å². The molecule has 3 N–H and O–H groups in total. The fraction of sp³-hybridized carbons (Fsp3) is 0.200. The quantitative estimate of drug-likeness (QED) is 0.194. The average Bonchev–Trinajstić information content (AvgIpc) is 3.16. The topological polar surface area (TPSA) is 85.7 Å². The van der Waals surface area contributed by atoms with Crippen LogP contribution in [0.25, 0.3) is 11.5 Å². The molecular formula is C20H19F4IN4O2. The lowest BCUT2D eigenvalue weighted by Crippen LogP contribution is -2.33. The monoisotopic (exact) mass is 550 g/mol. The molecule has 0 aliphatic heterocycles. The number of aliphatic imine (C=N–C) groups is 1. The predicted molar refractivity (Wildman–Crippen MR) is 117 cm³/mol. The maximum Gasteiger partial charge on any atom is 0.573 e. The Bertz CT molecular complexity index is 990. The SMILES string of the molecule is I.NC(=NCc1ccc(OC(F)(F)F)cc1)NCCc1coc(-c2ccc(F)cc2)n1. The van der Waals surface area contributed by atoms with Gasteiger partial charge in [0, 0.05) is 18.5 Å². The lowest BCUT2D eigenvalue weighted by molar-refractivity contribution is -0.274. The van der Waals surface area contributed by atoms with Crippen molar-refractivity contribution in [1.82, 2.24) is 10.3 Å². The van der Waals surface area contributed by atoms with Crippen LogP contribution in [0.2, 0.25) is 0 Å². The molecule has 3 aromatic rings. The molecule has 0 saturated carbocycles. The molecule has 0 amide bonds. The summed E-state index contributed by atoms with van der Waals surface area (Å²) in [5.41, 5.74) is 7.83. The van der Waals surface area contributed by atoms with Gasteiger partial charge in [-0.25, -0.2) is 14.4 Å². The van der Waals surface area contributed by atoms with Gasteiger partial charge in [-0.2, -0.15) is 0 Å². The summed E-state index contributed by atoms with van der Waals surface area (Å²) in [5, 5.41) is 2.92. The van der Waals surface area contributed by atoms with Crippen molar-refractivity contribution in [2.24, 2.45) is 10.7 Å². The van der Waals surface area contributed by atoms with E-state index in [9.17, 15) is 17.6 Å². The first kappa shape index (κ1) is 24.4. The minimum atomic E-state index is -4.72. The zero-order chi connectivity index (χ0) is 21.6. The summed E-state index contributed by atoms with van der Waals surface area (Å²) in [6, 6.07) is 11.2. The number of rotatable bonds is 7. The third kappa shape index (κ3) is 8.07. The Hall–Kier alpha value is -2.83. The number of halogens is 5. The maximum absolute atomic E-state index is 13.0.